The molecular weight excluding hydrogens is 462 g/mol. The van der Waals surface area contributed by atoms with Gasteiger partial charge in [-0.1, -0.05) is 23.7 Å². The minimum absolute atomic E-state index is 0.0911. The Bertz CT molecular complexity index is 920. The van der Waals surface area contributed by atoms with Crippen LogP contribution in [0.15, 0.2) is 24.3 Å². The van der Waals surface area contributed by atoms with E-state index in [0.29, 0.717) is 0 Å². The van der Waals surface area contributed by atoms with Crippen molar-refractivity contribution in [2.45, 2.75) is 58.3 Å². The molecule has 1 saturated heterocycles. The molecule has 1 N–H and O–H groups in total. The van der Waals surface area contributed by atoms with Crippen LogP contribution < -0.4 is 5.32 Å². The minimum Gasteiger partial charge on any atom is -0.463 e. The van der Waals surface area contributed by atoms with Crippen molar-refractivity contribution in [3.63, 3.8) is 0 Å². The molecule has 2 rings (SSSR count). The summed E-state index contributed by atoms with van der Waals surface area (Å²) >= 11 is 6.09. The van der Waals surface area contributed by atoms with Crippen LogP contribution in [0.25, 0.3) is 0 Å². The van der Waals surface area contributed by atoms with Gasteiger partial charge in [0.05, 0.1) is 10.6 Å². The molecule has 1 fully saturated rings. The van der Waals surface area contributed by atoms with Crippen LogP contribution in [0.2, 0.25) is 5.02 Å². The Balaban J connectivity index is 2.47. The zero-order valence-electron chi connectivity index (χ0n) is 18.4. The zero-order chi connectivity index (χ0) is 24.7. The normalized spacial score (nSPS) is 24.2. The quantitative estimate of drug-likeness (QED) is 0.441. The van der Waals surface area contributed by atoms with E-state index in [4.69, 9.17) is 35.3 Å². The molecule has 0 saturated carbocycles. The van der Waals surface area contributed by atoms with Gasteiger partial charge in [0.15, 0.2) is 12.2 Å². The molecule has 0 aromatic heterocycles. The number of amides is 1. The summed E-state index contributed by atoms with van der Waals surface area (Å²) in [6, 6.07) is 4.86. The summed E-state index contributed by atoms with van der Waals surface area (Å²) in [4.78, 5) is 59.6. The maximum Gasteiger partial charge on any atom is 0.305 e. The van der Waals surface area contributed by atoms with Crippen LogP contribution in [0.1, 0.15) is 38.1 Å². The summed E-state index contributed by atoms with van der Waals surface area (Å²) in [5, 5.41) is 2.72. The molecule has 1 amide bonds. The van der Waals surface area contributed by atoms with Crippen LogP contribution in [0.3, 0.4) is 0 Å². The van der Waals surface area contributed by atoms with Gasteiger partial charge >= 0.3 is 23.9 Å². The van der Waals surface area contributed by atoms with Crippen LogP contribution in [-0.4, -0.2) is 67.0 Å². The van der Waals surface area contributed by atoms with Gasteiger partial charge in [-0.05, 0) is 12.1 Å². The lowest BCUT2D eigenvalue weighted by molar-refractivity contribution is -0.270. The molecule has 0 unspecified atom stereocenters. The fraction of sp³-hybridized carbons (Fsp3) is 0.476. The number of halogens is 1. The molecule has 0 aliphatic carbocycles. The lowest BCUT2D eigenvalue weighted by Crippen LogP contribution is -2.67. The second-order valence-electron chi connectivity index (χ2n) is 7.08. The molecule has 0 spiro atoms. The number of carbonyl (C=O) groups is 5. The smallest absolute Gasteiger partial charge is 0.305 e. The third-order valence-electron chi connectivity index (χ3n) is 4.40. The molecule has 12 heteroatoms. The highest BCUT2D eigenvalue weighted by Crippen LogP contribution is 2.28. The van der Waals surface area contributed by atoms with Crippen LogP contribution in [0.5, 0.6) is 0 Å². The fourth-order valence-corrected chi connectivity index (χ4v) is 3.42. The van der Waals surface area contributed by atoms with Gasteiger partial charge in [0.2, 0.25) is 6.29 Å². The van der Waals surface area contributed by atoms with Crippen molar-refractivity contribution in [1.29, 1.82) is 0 Å². The number of hydrogen-bond acceptors (Lipinski definition) is 10. The van der Waals surface area contributed by atoms with Crippen molar-refractivity contribution in [2.24, 2.45) is 0 Å². The Morgan fingerprint density at radius 3 is 2.00 bits per heavy atom. The molecule has 5 atom stereocenters. The van der Waals surface area contributed by atoms with Crippen molar-refractivity contribution in [1.82, 2.24) is 5.32 Å². The van der Waals surface area contributed by atoms with Crippen LogP contribution in [-0.2, 0) is 42.9 Å². The summed E-state index contributed by atoms with van der Waals surface area (Å²) in [5.74, 6) is -3.64. The number of benzene rings is 1. The summed E-state index contributed by atoms with van der Waals surface area (Å²) in [5.41, 5.74) is 0.0911. The van der Waals surface area contributed by atoms with Crippen LogP contribution in [0, 0.1) is 0 Å². The lowest BCUT2D eigenvalue weighted by Gasteiger charge is -2.44. The average Bonchev–Trinajstić information content (AvgIpc) is 2.70. The highest BCUT2D eigenvalue weighted by Gasteiger charge is 2.52. The van der Waals surface area contributed by atoms with E-state index in [-0.39, 0.29) is 10.6 Å². The molecule has 180 valence electrons. The molecule has 1 aliphatic heterocycles. The van der Waals surface area contributed by atoms with Crippen molar-refractivity contribution in [3.8, 4) is 0 Å². The van der Waals surface area contributed by atoms with E-state index in [9.17, 15) is 24.0 Å². The molecule has 0 radical (unpaired) electrons. The second-order valence-corrected chi connectivity index (χ2v) is 7.49. The minimum atomic E-state index is -1.48. The van der Waals surface area contributed by atoms with Crippen LogP contribution in [0.4, 0.5) is 0 Å². The van der Waals surface area contributed by atoms with Gasteiger partial charge in [-0.15, -0.1) is 0 Å². The number of esters is 4. The van der Waals surface area contributed by atoms with E-state index in [0.717, 1.165) is 27.7 Å². The van der Waals surface area contributed by atoms with Gasteiger partial charge in [-0.2, -0.15) is 0 Å². The lowest BCUT2D eigenvalue weighted by atomic mass is 9.95. The summed E-state index contributed by atoms with van der Waals surface area (Å²) in [6.45, 7) is 4.08. The van der Waals surface area contributed by atoms with Gasteiger partial charge < -0.3 is 29.0 Å². The molecule has 1 aliphatic rings. The predicted octanol–water partition coefficient (Wildman–Crippen LogP) is 1.15. The van der Waals surface area contributed by atoms with Crippen molar-refractivity contribution in [2.75, 3.05) is 6.61 Å². The fourth-order valence-electron chi connectivity index (χ4n) is 3.19. The van der Waals surface area contributed by atoms with Crippen molar-refractivity contribution >= 4 is 41.4 Å². The maximum absolute atomic E-state index is 12.9. The number of nitrogens with one attached hydrogen (secondary N) is 1. The number of ether oxygens (including phenoxy) is 5. The zero-order valence-corrected chi connectivity index (χ0v) is 19.1. The summed E-state index contributed by atoms with van der Waals surface area (Å²) in [7, 11) is 0. The Labute approximate surface area is 194 Å². The third-order valence-corrected chi connectivity index (χ3v) is 4.73. The molecule has 0 bridgehead atoms. The van der Waals surface area contributed by atoms with Gasteiger partial charge in [0, 0.05) is 27.7 Å². The topological polar surface area (TPSA) is 144 Å². The summed E-state index contributed by atoms with van der Waals surface area (Å²) in [6.07, 6.45) is -5.34. The summed E-state index contributed by atoms with van der Waals surface area (Å²) < 4.78 is 26.5. The number of carbonyl (C=O) groups excluding carboxylic acids is 5. The molecule has 1 heterocycles. The average molecular weight is 486 g/mol. The first-order chi connectivity index (χ1) is 15.5. The van der Waals surface area contributed by atoms with Crippen molar-refractivity contribution < 1.29 is 47.7 Å². The molecule has 1 aromatic rings. The first kappa shape index (κ1) is 26.1. The third kappa shape index (κ3) is 7.43. The van der Waals surface area contributed by atoms with Gasteiger partial charge in [-0.3, -0.25) is 24.0 Å². The molecule has 33 heavy (non-hydrogen) atoms. The van der Waals surface area contributed by atoms with E-state index >= 15 is 0 Å². The van der Waals surface area contributed by atoms with Gasteiger partial charge in [0.1, 0.15) is 18.8 Å². The Kier molecular flexibility index (Phi) is 9.18. The first-order valence-corrected chi connectivity index (χ1v) is 10.2. The van der Waals surface area contributed by atoms with Gasteiger partial charge in [0.25, 0.3) is 5.91 Å². The second kappa shape index (κ2) is 11.6. The SMILES string of the molecule is CC(=O)OC[C@@H]1O[C@H](OC(C)=O)[C@H](NC(=O)c2ccccc2Cl)[C@H](OC(C)=O)[C@@H]1OC(C)=O. The number of hydrogen-bond donors (Lipinski definition) is 1. The Morgan fingerprint density at radius 2 is 1.45 bits per heavy atom. The molecule has 11 nitrogen and oxygen atoms in total. The maximum atomic E-state index is 12.9. The van der Waals surface area contributed by atoms with Crippen LogP contribution >= 0.6 is 11.6 Å². The Hall–Kier alpha value is -3.18. The van der Waals surface area contributed by atoms with E-state index in [1.54, 1.807) is 12.1 Å². The molecule has 1 aromatic carbocycles. The monoisotopic (exact) mass is 485 g/mol. The predicted molar refractivity (Wildman–Crippen MR) is 111 cm³/mol. The first-order valence-electron chi connectivity index (χ1n) is 9.85. The van der Waals surface area contributed by atoms with Crippen molar-refractivity contribution in [3.05, 3.63) is 34.9 Å². The van der Waals surface area contributed by atoms with E-state index in [1.165, 1.54) is 12.1 Å². The standard InChI is InChI=1S/C21H24ClNO10/c1-10(24)29-9-16-18(30-11(2)25)19(31-12(3)26)17(21(33-16)32-13(4)27)23-20(28)14-7-5-6-8-15(14)22/h5-8,16-19,21H,9H2,1-4H3,(H,23,28)/t16-,17+,18+,19-,21-/m0/s1. The Morgan fingerprint density at radius 1 is 0.879 bits per heavy atom. The number of rotatable bonds is 7. The van der Waals surface area contributed by atoms with Gasteiger partial charge in [-0.25, -0.2) is 0 Å². The van der Waals surface area contributed by atoms with E-state index in [1.807, 2.05) is 0 Å². The highest BCUT2D eigenvalue weighted by molar-refractivity contribution is 6.33. The van der Waals surface area contributed by atoms with E-state index in [2.05, 4.69) is 5.32 Å². The van der Waals surface area contributed by atoms with E-state index < -0.39 is 67.0 Å². The highest BCUT2D eigenvalue weighted by atomic mass is 35.5. The molecular formula is C21H24ClNO10. The largest absolute Gasteiger partial charge is 0.463 e.